The maximum atomic E-state index is 16.6. The molecule has 5 heteroatoms. The van der Waals surface area contributed by atoms with Gasteiger partial charge in [-0.1, -0.05) is 194 Å². The van der Waals surface area contributed by atoms with E-state index in [1.807, 2.05) is 0 Å². The predicted octanol–water partition coefficient (Wildman–Crippen LogP) is 11.6. The molecule has 0 atom stereocenters. The molecule has 0 aromatic heterocycles. The van der Waals surface area contributed by atoms with E-state index in [9.17, 15) is 0 Å². The number of anilines is 4. The van der Waals surface area contributed by atoms with Crippen LogP contribution in [0.2, 0.25) is 0 Å². The first-order valence-corrected chi connectivity index (χ1v) is 24.6. The molecular formula is C60H70B2N2O. The minimum absolute atomic E-state index is 0.0185. The molecular weight excluding hydrogens is 786 g/mol. The summed E-state index contributed by atoms with van der Waals surface area (Å²) in [5, 5.41) is 2.36. The Morgan fingerprint density at radius 2 is 0.985 bits per heavy atom. The summed E-state index contributed by atoms with van der Waals surface area (Å²) >= 11 is 0. The average molecular weight is 857 g/mol. The third-order valence-corrected chi connectivity index (χ3v) is 19.3. The lowest BCUT2D eigenvalue weighted by Crippen LogP contribution is -2.65. The SMILES string of the molecule is CCc1cc2c(cc1C(C)(C)C(C)(C)CC)B(c1c(C)cc(C)cc1C)c1ccc3ccc4c5c3c1N2C(=O)N5c1cc2c(cc1B4c1c(C)cc(C)cc1C)C(C)(C)C(C)(C)C2(C)C. The van der Waals surface area contributed by atoms with Gasteiger partial charge in [-0.3, -0.25) is 9.80 Å². The van der Waals surface area contributed by atoms with Crippen LogP contribution in [-0.2, 0) is 22.7 Å². The van der Waals surface area contributed by atoms with Crippen LogP contribution in [0.1, 0.15) is 145 Å². The normalized spacial score (nSPS) is 17.5. The van der Waals surface area contributed by atoms with Gasteiger partial charge in [0.15, 0.2) is 0 Å². The van der Waals surface area contributed by atoms with Crippen LogP contribution >= 0.6 is 0 Å². The molecule has 0 unspecified atom stereocenters. The molecule has 2 amide bonds. The molecule has 6 aromatic carbocycles. The summed E-state index contributed by atoms with van der Waals surface area (Å²) < 4.78 is 0. The second kappa shape index (κ2) is 13.8. The van der Waals surface area contributed by atoms with Gasteiger partial charge in [0, 0.05) is 16.8 Å². The standard InChI is InChI=1S/C60H70B2N2O/c1-19-39-29-48-46(30-41(39)57(11,12)56(9,10)20-2)61(51-35(5)25-33(3)26-36(51)6)44-23-21-40-22-24-45-54-50(40)53(44)63(48)55(65)64(54)49-32-43-42(58(13,14)60(17,18)59(43,15)16)31-47(49)62(45)52-37(7)27-34(4)28-38(52)8/h21-32H,19-20H2,1-18H3. The lowest BCUT2D eigenvalue weighted by atomic mass is 9.32. The molecule has 3 nitrogen and oxygen atoms in total. The van der Waals surface area contributed by atoms with Crippen LogP contribution in [0.5, 0.6) is 0 Å². The summed E-state index contributed by atoms with van der Waals surface area (Å²) in [5.74, 6) is 0. The number of nitrogens with zero attached hydrogens (tertiary/aromatic N) is 2. The zero-order valence-electron chi connectivity index (χ0n) is 42.8. The number of urea groups is 1. The molecule has 0 spiro atoms. The number of benzene rings is 6. The Hall–Kier alpha value is -5.02. The third kappa shape index (κ3) is 5.48. The van der Waals surface area contributed by atoms with Crippen LogP contribution in [0.25, 0.3) is 10.8 Å². The number of amides is 2. The van der Waals surface area contributed by atoms with E-state index in [1.54, 1.807) is 0 Å². The Kier molecular flexibility index (Phi) is 9.29. The topological polar surface area (TPSA) is 23.6 Å². The molecule has 1 aliphatic carbocycles. The average Bonchev–Trinajstić information content (AvgIpc) is 3.33. The first-order chi connectivity index (χ1) is 30.3. The minimum Gasteiger partial charge on any atom is -0.263 e. The van der Waals surface area contributed by atoms with E-state index in [2.05, 4.69) is 207 Å². The third-order valence-electron chi connectivity index (χ3n) is 19.3. The summed E-state index contributed by atoms with van der Waals surface area (Å²) in [5.41, 5.74) is 24.7. The van der Waals surface area contributed by atoms with Gasteiger partial charge in [0.1, 0.15) is 0 Å². The first-order valence-electron chi connectivity index (χ1n) is 24.6. The van der Waals surface area contributed by atoms with E-state index in [0.29, 0.717) is 0 Å². The van der Waals surface area contributed by atoms with E-state index < -0.39 is 0 Å². The smallest absolute Gasteiger partial charge is 0.263 e. The van der Waals surface area contributed by atoms with Gasteiger partial charge in [-0.15, -0.1) is 0 Å². The molecule has 0 saturated heterocycles. The summed E-state index contributed by atoms with van der Waals surface area (Å²) in [7, 11) is 0. The Morgan fingerprint density at radius 1 is 0.554 bits per heavy atom. The Balaban J connectivity index is 1.37. The van der Waals surface area contributed by atoms with Crippen LogP contribution in [-0.4, -0.2) is 19.5 Å². The number of rotatable bonds is 6. The van der Waals surface area contributed by atoms with E-state index in [1.165, 1.54) is 99.2 Å². The monoisotopic (exact) mass is 857 g/mol. The number of hydrogen-bond acceptors (Lipinski definition) is 1. The molecule has 4 aliphatic rings. The Morgan fingerprint density at radius 3 is 1.43 bits per heavy atom. The molecule has 0 radical (unpaired) electrons. The lowest BCUT2D eigenvalue weighted by molar-refractivity contribution is 0.125. The first kappa shape index (κ1) is 43.8. The highest BCUT2D eigenvalue weighted by molar-refractivity contribution is 7.00. The molecule has 0 fully saturated rings. The fourth-order valence-electron chi connectivity index (χ4n) is 13.6. The molecule has 10 rings (SSSR count). The fourth-order valence-corrected chi connectivity index (χ4v) is 13.6. The van der Waals surface area contributed by atoms with Crippen LogP contribution in [0, 0.1) is 52.4 Å². The van der Waals surface area contributed by atoms with E-state index in [0.717, 1.165) is 35.6 Å². The van der Waals surface area contributed by atoms with Crippen LogP contribution in [0.3, 0.4) is 0 Å². The quantitative estimate of drug-likeness (QED) is 0.153. The second-order valence-electron chi connectivity index (χ2n) is 23.7. The van der Waals surface area contributed by atoms with E-state index in [-0.39, 0.29) is 46.5 Å². The van der Waals surface area contributed by atoms with Gasteiger partial charge >= 0.3 is 6.03 Å². The number of aryl methyl sites for hydroxylation is 7. The minimum atomic E-state index is -0.136. The summed E-state index contributed by atoms with van der Waals surface area (Å²) in [6, 6.07) is 28.9. The van der Waals surface area contributed by atoms with Crippen LogP contribution < -0.4 is 42.6 Å². The highest BCUT2D eigenvalue weighted by Gasteiger charge is 2.58. The lowest BCUT2D eigenvalue weighted by Gasteiger charge is -2.48. The van der Waals surface area contributed by atoms with Crippen molar-refractivity contribution in [2.24, 2.45) is 10.8 Å². The van der Waals surface area contributed by atoms with Crippen LogP contribution in [0.15, 0.2) is 72.8 Å². The van der Waals surface area contributed by atoms with Crippen molar-refractivity contribution in [3.05, 3.63) is 128 Å². The van der Waals surface area contributed by atoms with Gasteiger partial charge in [-0.05, 0) is 137 Å². The molecule has 0 saturated carbocycles. The number of carbonyl (C=O) groups is 1. The van der Waals surface area contributed by atoms with Crippen molar-refractivity contribution in [1.29, 1.82) is 0 Å². The van der Waals surface area contributed by atoms with Gasteiger partial charge in [0.05, 0.1) is 11.4 Å². The summed E-state index contributed by atoms with van der Waals surface area (Å²) in [6.07, 6.45) is 1.95. The molecule has 3 heterocycles. The molecule has 6 aromatic rings. The van der Waals surface area contributed by atoms with Gasteiger partial charge in [0.25, 0.3) is 0 Å². The molecule has 0 bridgehead atoms. The van der Waals surface area contributed by atoms with Crippen molar-refractivity contribution < 1.29 is 4.79 Å². The molecule has 65 heavy (non-hydrogen) atoms. The van der Waals surface area contributed by atoms with Gasteiger partial charge < -0.3 is 0 Å². The van der Waals surface area contributed by atoms with Crippen molar-refractivity contribution in [1.82, 2.24) is 0 Å². The molecule has 3 aliphatic heterocycles. The Labute approximate surface area is 391 Å². The number of carbonyl (C=O) groups excluding carboxylic acids is 1. The van der Waals surface area contributed by atoms with Gasteiger partial charge in [0.2, 0.25) is 13.4 Å². The van der Waals surface area contributed by atoms with Crippen LogP contribution in [0.4, 0.5) is 27.5 Å². The molecule has 0 N–H and O–H groups in total. The zero-order valence-corrected chi connectivity index (χ0v) is 42.8. The maximum Gasteiger partial charge on any atom is 0.338 e. The van der Waals surface area contributed by atoms with Crippen molar-refractivity contribution in [2.45, 2.75) is 154 Å². The summed E-state index contributed by atoms with van der Waals surface area (Å²) in [6.45, 7) is 42.5. The molecule has 332 valence electrons. The van der Waals surface area contributed by atoms with E-state index in [4.69, 9.17) is 0 Å². The van der Waals surface area contributed by atoms with Crippen molar-refractivity contribution in [3.63, 3.8) is 0 Å². The van der Waals surface area contributed by atoms with E-state index >= 15 is 4.79 Å². The van der Waals surface area contributed by atoms with Gasteiger partial charge in [-0.25, -0.2) is 4.79 Å². The highest BCUT2D eigenvalue weighted by atomic mass is 16.2. The fraction of sp³-hybridized carbons (Fsp3) is 0.417. The number of hydrogen-bond donors (Lipinski definition) is 0. The predicted molar refractivity (Wildman–Crippen MR) is 283 cm³/mol. The number of fused-ring (bicyclic) bond motifs is 5. The highest BCUT2D eigenvalue weighted by Crippen LogP contribution is 2.62. The maximum absolute atomic E-state index is 16.6. The van der Waals surface area contributed by atoms with Gasteiger partial charge in [-0.2, -0.15) is 0 Å². The largest absolute Gasteiger partial charge is 0.338 e. The summed E-state index contributed by atoms with van der Waals surface area (Å²) in [4.78, 5) is 20.9. The zero-order chi connectivity index (χ0) is 47.0. The Bertz CT molecular complexity index is 3060. The van der Waals surface area contributed by atoms with Crippen molar-refractivity contribution in [3.8, 4) is 0 Å². The van der Waals surface area contributed by atoms with Crippen molar-refractivity contribution in [2.75, 3.05) is 9.80 Å². The van der Waals surface area contributed by atoms with Crippen molar-refractivity contribution >= 4 is 85.8 Å². The second-order valence-corrected chi connectivity index (χ2v) is 23.7.